The van der Waals surface area contributed by atoms with Crippen molar-refractivity contribution >= 4 is 17.8 Å². The summed E-state index contributed by atoms with van der Waals surface area (Å²) in [6.07, 6.45) is 6.25. The van der Waals surface area contributed by atoms with Gasteiger partial charge >= 0.3 is 0 Å². The molecule has 1 aromatic carbocycles. The summed E-state index contributed by atoms with van der Waals surface area (Å²) in [5.74, 6) is 0. The standard InChI is InChI=1S/C12H10N2/c1-2-6-12-10(4-1)7-8-11-5-3-9-14(11)13-12/h1-9,13H. The van der Waals surface area contributed by atoms with Crippen LogP contribution >= 0.6 is 0 Å². The quantitative estimate of drug-likeness (QED) is 0.565. The number of nitrogens with zero attached hydrogens (tertiary/aromatic N) is 1. The number of benzene rings is 1. The Morgan fingerprint density at radius 2 is 1.86 bits per heavy atom. The molecule has 0 fully saturated rings. The summed E-state index contributed by atoms with van der Waals surface area (Å²) in [7, 11) is 0. The van der Waals surface area contributed by atoms with E-state index in [1.54, 1.807) is 0 Å². The minimum absolute atomic E-state index is 1.14. The van der Waals surface area contributed by atoms with Gasteiger partial charge in [-0.3, -0.25) is 10.1 Å². The van der Waals surface area contributed by atoms with Crippen molar-refractivity contribution in [3.63, 3.8) is 0 Å². The molecular formula is C12H10N2. The maximum Gasteiger partial charge on any atom is 0.0624 e. The van der Waals surface area contributed by atoms with Crippen molar-refractivity contribution in [1.29, 1.82) is 0 Å². The molecule has 3 rings (SSSR count). The summed E-state index contributed by atoms with van der Waals surface area (Å²) in [5.41, 5.74) is 6.86. The average Bonchev–Trinajstić information content (AvgIpc) is 2.58. The molecule has 1 aliphatic heterocycles. The fraction of sp³-hybridized carbons (Fsp3) is 0. The first-order valence-electron chi connectivity index (χ1n) is 4.65. The number of fused-ring (bicyclic) bond motifs is 2. The first-order valence-corrected chi connectivity index (χ1v) is 4.65. The van der Waals surface area contributed by atoms with Gasteiger partial charge in [0.2, 0.25) is 0 Å². The third-order valence-electron chi connectivity index (χ3n) is 2.42. The highest BCUT2D eigenvalue weighted by Crippen LogP contribution is 2.22. The maximum absolute atomic E-state index is 3.34. The highest BCUT2D eigenvalue weighted by molar-refractivity contribution is 5.78. The van der Waals surface area contributed by atoms with Gasteiger partial charge in [-0.1, -0.05) is 24.3 Å². The molecule has 2 heterocycles. The number of nitrogens with one attached hydrogen (secondary N) is 1. The Kier molecular flexibility index (Phi) is 1.47. The van der Waals surface area contributed by atoms with Crippen molar-refractivity contribution in [1.82, 2.24) is 4.68 Å². The van der Waals surface area contributed by atoms with E-state index >= 15 is 0 Å². The third-order valence-corrected chi connectivity index (χ3v) is 2.42. The van der Waals surface area contributed by atoms with Crippen molar-refractivity contribution in [2.45, 2.75) is 0 Å². The lowest BCUT2D eigenvalue weighted by molar-refractivity contribution is 0.960. The Morgan fingerprint density at radius 3 is 2.86 bits per heavy atom. The molecular weight excluding hydrogens is 172 g/mol. The third kappa shape index (κ3) is 1.04. The number of hydrogen-bond donors (Lipinski definition) is 1. The van der Waals surface area contributed by atoms with Gasteiger partial charge in [-0.25, -0.2) is 0 Å². The van der Waals surface area contributed by atoms with E-state index in [0.717, 1.165) is 5.69 Å². The fourth-order valence-corrected chi connectivity index (χ4v) is 1.68. The van der Waals surface area contributed by atoms with Crippen LogP contribution in [-0.4, -0.2) is 4.68 Å². The summed E-state index contributed by atoms with van der Waals surface area (Å²) >= 11 is 0. The topological polar surface area (TPSA) is 17.0 Å². The number of anilines is 1. The van der Waals surface area contributed by atoms with Crippen LogP contribution in [0.3, 0.4) is 0 Å². The minimum Gasteiger partial charge on any atom is -0.294 e. The predicted octanol–water partition coefficient (Wildman–Crippen LogP) is 2.85. The fourth-order valence-electron chi connectivity index (χ4n) is 1.68. The second-order valence-corrected chi connectivity index (χ2v) is 3.34. The molecule has 0 unspecified atom stereocenters. The number of hydrogen-bond acceptors (Lipinski definition) is 1. The molecule has 0 saturated carbocycles. The molecule has 14 heavy (non-hydrogen) atoms. The van der Waals surface area contributed by atoms with Gasteiger partial charge in [-0.05, 0) is 29.8 Å². The van der Waals surface area contributed by atoms with E-state index in [9.17, 15) is 0 Å². The smallest absolute Gasteiger partial charge is 0.0624 e. The van der Waals surface area contributed by atoms with Crippen molar-refractivity contribution in [2.75, 3.05) is 5.43 Å². The zero-order chi connectivity index (χ0) is 9.38. The van der Waals surface area contributed by atoms with Gasteiger partial charge in [0, 0.05) is 6.20 Å². The average molecular weight is 182 g/mol. The largest absolute Gasteiger partial charge is 0.294 e. The maximum atomic E-state index is 3.34. The van der Waals surface area contributed by atoms with Crippen LogP contribution in [0.1, 0.15) is 11.3 Å². The van der Waals surface area contributed by atoms with E-state index in [0.29, 0.717) is 0 Å². The van der Waals surface area contributed by atoms with Crippen LogP contribution in [0.5, 0.6) is 0 Å². The van der Waals surface area contributed by atoms with Gasteiger partial charge in [-0.2, -0.15) is 0 Å². The molecule has 0 aliphatic carbocycles. The summed E-state index contributed by atoms with van der Waals surface area (Å²) in [6, 6.07) is 12.4. The van der Waals surface area contributed by atoms with Crippen molar-refractivity contribution in [2.24, 2.45) is 0 Å². The molecule has 0 radical (unpaired) electrons. The Bertz CT molecular complexity index is 495. The summed E-state index contributed by atoms with van der Waals surface area (Å²) in [5, 5.41) is 0. The second kappa shape index (κ2) is 2.77. The van der Waals surface area contributed by atoms with Gasteiger partial charge in [0.15, 0.2) is 0 Å². The van der Waals surface area contributed by atoms with E-state index in [1.807, 2.05) is 29.1 Å². The minimum atomic E-state index is 1.14. The predicted molar refractivity (Wildman–Crippen MR) is 58.8 cm³/mol. The highest BCUT2D eigenvalue weighted by Gasteiger charge is 2.04. The van der Waals surface area contributed by atoms with Gasteiger partial charge in [0.25, 0.3) is 0 Å². The van der Waals surface area contributed by atoms with E-state index in [2.05, 4.69) is 35.8 Å². The van der Waals surface area contributed by atoms with Crippen molar-refractivity contribution < 1.29 is 0 Å². The molecule has 68 valence electrons. The van der Waals surface area contributed by atoms with Crippen LogP contribution < -0.4 is 5.43 Å². The Hall–Kier alpha value is -1.96. The van der Waals surface area contributed by atoms with Crippen LogP contribution in [0.4, 0.5) is 5.69 Å². The summed E-state index contributed by atoms with van der Waals surface area (Å²) < 4.78 is 2.02. The van der Waals surface area contributed by atoms with Gasteiger partial charge < -0.3 is 0 Å². The molecule has 0 bridgehead atoms. The lowest BCUT2D eigenvalue weighted by Crippen LogP contribution is -2.08. The van der Waals surface area contributed by atoms with E-state index in [-0.39, 0.29) is 0 Å². The lowest BCUT2D eigenvalue weighted by atomic mass is 10.1. The number of aromatic nitrogens is 1. The Balaban J connectivity index is 2.19. The van der Waals surface area contributed by atoms with Crippen molar-refractivity contribution in [3.05, 3.63) is 53.9 Å². The second-order valence-electron chi connectivity index (χ2n) is 3.34. The SMILES string of the molecule is C1=Cc2cccn2Nc2ccccc21. The number of para-hydroxylation sites is 1. The van der Waals surface area contributed by atoms with E-state index in [1.165, 1.54) is 11.3 Å². The molecule has 2 heteroatoms. The van der Waals surface area contributed by atoms with Crippen LogP contribution in [-0.2, 0) is 0 Å². The lowest BCUT2D eigenvalue weighted by Gasteiger charge is -2.09. The summed E-state index contributed by atoms with van der Waals surface area (Å²) in [4.78, 5) is 0. The Morgan fingerprint density at radius 1 is 0.929 bits per heavy atom. The van der Waals surface area contributed by atoms with E-state index in [4.69, 9.17) is 0 Å². The normalized spacial score (nSPS) is 12.6. The molecule has 2 nitrogen and oxygen atoms in total. The van der Waals surface area contributed by atoms with Gasteiger partial charge in [-0.15, -0.1) is 0 Å². The van der Waals surface area contributed by atoms with E-state index < -0.39 is 0 Å². The first-order chi connectivity index (χ1) is 6.93. The van der Waals surface area contributed by atoms with Gasteiger partial charge in [0.1, 0.15) is 0 Å². The molecule has 0 atom stereocenters. The molecule has 1 aromatic heterocycles. The van der Waals surface area contributed by atoms with Crippen LogP contribution in [0, 0.1) is 0 Å². The Labute approximate surface area is 82.5 Å². The summed E-state index contributed by atoms with van der Waals surface area (Å²) in [6.45, 7) is 0. The first kappa shape index (κ1) is 7.44. The number of rotatable bonds is 0. The van der Waals surface area contributed by atoms with Crippen LogP contribution in [0.2, 0.25) is 0 Å². The van der Waals surface area contributed by atoms with Crippen LogP contribution in [0.15, 0.2) is 42.6 Å². The molecule has 2 aromatic rings. The van der Waals surface area contributed by atoms with Gasteiger partial charge in [0.05, 0.1) is 11.4 Å². The monoisotopic (exact) mass is 182 g/mol. The zero-order valence-corrected chi connectivity index (χ0v) is 7.64. The zero-order valence-electron chi connectivity index (χ0n) is 7.64. The van der Waals surface area contributed by atoms with Crippen LogP contribution in [0.25, 0.3) is 12.2 Å². The highest BCUT2D eigenvalue weighted by atomic mass is 15.4. The molecule has 1 aliphatic rings. The molecule has 0 amide bonds. The molecule has 0 spiro atoms. The molecule has 1 N–H and O–H groups in total. The molecule has 0 saturated heterocycles. The van der Waals surface area contributed by atoms with Crippen molar-refractivity contribution in [3.8, 4) is 0 Å².